The van der Waals surface area contributed by atoms with Crippen molar-refractivity contribution in [3.63, 3.8) is 0 Å². The lowest BCUT2D eigenvalue weighted by molar-refractivity contribution is -0.122. The van der Waals surface area contributed by atoms with Gasteiger partial charge in [0.2, 0.25) is 5.91 Å². The molecule has 0 heterocycles. The van der Waals surface area contributed by atoms with E-state index in [9.17, 15) is 4.79 Å². The molecule has 0 aliphatic heterocycles. The number of amides is 1. The van der Waals surface area contributed by atoms with Gasteiger partial charge in [-0.05, 0) is 18.8 Å². The van der Waals surface area contributed by atoms with Crippen molar-refractivity contribution < 1.29 is 4.79 Å². The van der Waals surface area contributed by atoms with Crippen LogP contribution in [0.3, 0.4) is 0 Å². The Hall–Kier alpha value is -0.280. The Balaban J connectivity index is 0. The number of hydrogen-bond acceptors (Lipinski definition) is 2. The molecule has 0 aliphatic carbocycles. The first-order valence-electron chi connectivity index (χ1n) is 5.49. The van der Waals surface area contributed by atoms with Crippen LogP contribution in [0.5, 0.6) is 0 Å². The van der Waals surface area contributed by atoms with Crippen LogP contribution in [-0.4, -0.2) is 18.0 Å². The number of rotatable bonds is 6. The second-order valence-corrected chi connectivity index (χ2v) is 4.44. The maximum Gasteiger partial charge on any atom is 0.220 e. The summed E-state index contributed by atoms with van der Waals surface area (Å²) in [4.78, 5) is 11.4. The van der Waals surface area contributed by atoms with Gasteiger partial charge in [0.15, 0.2) is 0 Å². The van der Waals surface area contributed by atoms with Crippen LogP contribution in [0.4, 0.5) is 0 Å². The van der Waals surface area contributed by atoms with Crippen molar-refractivity contribution in [3.05, 3.63) is 0 Å². The van der Waals surface area contributed by atoms with Crippen LogP contribution in [0.2, 0.25) is 0 Å². The highest BCUT2D eigenvalue weighted by Gasteiger charge is 2.20. The van der Waals surface area contributed by atoms with Crippen LogP contribution < -0.4 is 11.1 Å². The number of carbonyl (C=O) groups excluding carboxylic acids is 1. The fourth-order valence-corrected chi connectivity index (χ4v) is 1.22. The number of carbonyl (C=O) groups is 1. The fraction of sp³-hybridized carbons (Fsp3) is 0.909. The largest absolute Gasteiger partial charge is 0.354 e. The first-order valence-corrected chi connectivity index (χ1v) is 5.49. The Kier molecular flexibility index (Phi) is 9.07. The highest BCUT2D eigenvalue weighted by atomic mass is 35.5. The summed E-state index contributed by atoms with van der Waals surface area (Å²) in [5.41, 5.74) is 5.83. The van der Waals surface area contributed by atoms with Crippen LogP contribution in [0.15, 0.2) is 0 Å². The predicted molar refractivity (Wildman–Crippen MR) is 67.2 cm³/mol. The summed E-state index contributed by atoms with van der Waals surface area (Å²) < 4.78 is 0. The average Bonchev–Trinajstić information content (AvgIpc) is 2.13. The van der Waals surface area contributed by atoms with Crippen molar-refractivity contribution in [2.24, 2.45) is 11.7 Å². The molecule has 0 spiro atoms. The first-order chi connectivity index (χ1) is 6.43. The first kappa shape index (κ1) is 17.1. The minimum Gasteiger partial charge on any atom is -0.354 e. The Morgan fingerprint density at radius 3 is 2.13 bits per heavy atom. The third-order valence-corrected chi connectivity index (χ3v) is 2.64. The molecule has 0 aromatic carbocycles. The van der Waals surface area contributed by atoms with E-state index < -0.39 is 0 Å². The smallest absolute Gasteiger partial charge is 0.220 e. The van der Waals surface area contributed by atoms with Crippen LogP contribution in [0, 0.1) is 5.92 Å². The molecule has 0 radical (unpaired) electrons. The van der Waals surface area contributed by atoms with Gasteiger partial charge in [-0.25, -0.2) is 0 Å². The molecule has 92 valence electrons. The van der Waals surface area contributed by atoms with Gasteiger partial charge < -0.3 is 11.1 Å². The van der Waals surface area contributed by atoms with Crippen LogP contribution in [-0.2, 0) is 4.79 Å². The number of nitrogens with two attached hydrogens (primary N) is 1. The molecule has 1 amide bonds. The zero-order valence-electron chi connectivity index (χ0n) is 10.3. The summed E-state index contributed by atoms with van der Waals surface area (Å²) in [6, 6.07) is 0. The summed E-state index contributed by atoms with van der Waals surface area (Å²) in [7, 11) is 0. The Morgan fingerprint density at radius 2 is 1.80 bits per heavy atom. The standard InChI is InChI=1S/C11H24N2O.ClH/c1-5-11(12,6-2)8-13-10(14)7-9(3)4;/h9H,5-8,12H2,1-4H3,(H,13,14);1H. The maximum atomic E-state index is 11.4. The van der Waals surface area contributed by atoms with Gasteiger partial charge in [0.05, 0.1) is 0 Å². The zero-order chi connectivity index (χ0) is 11.2. The quantitative estimate of drug-likeness (QED) is 0.742. The average molecular weight is 237 g/mol. The van der Waals surface area contributed by atoms with E-state index in [1.807, 2.05) is 13.8 Å². The molecule has 3 N–H and O–H groups in total. The predicted octanol–water partition coefficient (Wildman–Crippen LogP) is 2.09. The van der Waals surface area contributed by atoms with Crippen molar-refractivity contribution in [2.75, 3.05) is 6.54 Å². The number of hydrogen-bond donors (Lipinski definition) is 2. The van der Waals surface area contributed by atoms with Crippen molar-refractivity contribution >= 4 is 18.3 Å². The summed E-state index contributed by atoms with van der Waals surface area (Å²) in [5, 5.41) is 2.89. The molecule has 3 nitrogen and oxygen atoms in total. The topological polar surface area (TPSA) is 55.1 Å². The molecule has 0 rings (SSSR count). The molecule has 0 bridgehead atoms. The normalized spacial score (nSPS) is 11.1. The molecule has 0 unspecified atom stereocenters. The maximum absolute atomic E-state index is 11.4. The third kappa shape index (κ3) is 7.63. The molecular formula is C11H25ClN2O. The highest BCUT2D eigenvalue weighted by molar-refractivity contribution is 5.85. The van der Waals surface area contributed by atoms with Crippen LogP contribution in [0.1, 0.15) is 47.0 Å². The van der Waals surface area contributed by atoms with E-state index in [0.717, 1.165) is 12.8 Å². The molecule has 0 aromatic heterocycles. The van der Waals surface area contributed by atoms with E-state index in [1.165, 1.54) is 0 Å². The minimum atomic E-state index is -0.230. The molecular weight excluding hydrogens is 212 g/mol. The Morgan fingerprint density at radius 1 is 1.33 bits per heavy atom. The summed E-state index contributed by atoms with van der Waals surface area (Å²) >= 11 is 0. The number of halogens is 1. The van der Waals surface area contributed by atoms with Gasteiger partial charge in [-0.1, -0.05) is 27.7 Å². The van der Waals surface area contributed by atoms with Gasteiger partial charge in [-0.3, -0.25) is 4.79 Å². The van der Waals surface area contributed by atoms with E-state index in [0.29, 0.717) is 18.9 Å². The van der Waals surface area contributed by atoms with Crippen molar-refractivity contribution in [3.8, 4) is 0 Å². The van der Waals surface area contributed by atoms with Crippen molar-refractivity contribution in [2.45, 2.75) is 52.5 Å². The molecule has 0 saturated heterocycles. The second-order valence-electron chi connectivity index (χ2n) is 4.44. The van der Waals surface area contributed by atoms with E-state index in [2.05, 4.69) is 19.2 Å². The lowest BCUT2D eigenvalue weighted by Crippen LogP contribution is -2.49. The van der Waals surface area contributed by atoms with Gasteiger partial charge in [0.1, 0.15) is 0 Å². The second kappa shape index (κ2) is 7.94. The Bertz CT molecular complexity index is 179. The van der Waals surface area contributed by atoms with Crippen LogP contribution in [0.25, 0.3) is 0 Å². The monoisotopic (exact) mass is 236 g/mol. The summed E-state index contributed by atoms with van der Waals surface area (Å²) in [6.07, 6.45) is 2.38. The van der Waals surface area contributed by atoms with E-state index in [-0.39, 0.29) is 23.9 Å². The van der Waals surface area contributed by atoms with Crippen molar-refractivity contribution in [1.82, 2.24) is 5.32 Å². The molecule has 0 fully saturated rings. The van der Waals surface area contributed by atoms with Gasteiger partial charge in [0, 0.05) is 18.5 Å². The summed E-state index contributed by atoms with van der Waals surface area (Å²) in [6.45, 7) is 8.77. The summed E-state index contributed by atoms with van der Waals surface area (Å²) in [5.74, 6) is 0.516. The fourth-order valence-electron chi connectivity index (χ4n) is 1.22. The lowest BCUT2D eigenvalue weighted by atomic mass is 9.94. The van der Waals surface area contributed by atoms with E-state index >= 15 is 0 Å². The van der Waals surface area contributed by atoms with Gasteiger partial charge in [-0.2, -0.15) is 0 Å². The van der Waals surface area contributed by atoms with Crippen molar-refractivity contribution in [1.29, 1.82) is 0 Å². The third-order valence-electron chi connectivity index (χ3n) is 2.64. The zero-order valence-corrected chi connectivity index (χ0v) is 11.1. The minimum absolute atomic E-state index is 0. The number of nitrogens with one attached hydrogen (secondary N) is 1. The van der Waals surface area contributed by atoms with Crippen LogP contribution >= 0.6 is 12.4 Å². The SMILES string of the molecule is CCC(N)(CC)CNC(=O)CC(C)C.Cl. The van der Waals surface area contributed by atoms with Gasteiger partial charge in [-0.15, -0.1) is 12.4 Å². The molecule has 0 saturated carbocycles. The highest BCUT2D eigenvalue weighted by Crippen LogP contribution is 2.09. The molecule has 4 heteroatoms. The van der Waals surface area contributed by atoms with Gasteiger partial charge in [0.25, 0.3) is 0 Å². The molecule has 0 atom stereocenters. The molecule has 0 aliphatic rings. The van der Waals surface area contributed by atoms with E-state index in [1.54, 1.807) is 0 Å². The lowest BCUT2D eigenvalue weighted by Gasteiger charge is -2.26. The Labute approximate surface area is 99.6 Å². The molecule has 15 heavy (non-hydrogen) atoms. The van der Waals surface area contributed by atoms with Gasteiger partial charge >= 0.3 is 0 Å². The molecule has 0 aromatic rings. The van der Waals surface area contributed by atoms with E-state index in [4.69, 9.17) is 5.73 Å².